The lowest BCUT2D eigenvalue weighted by molar-refractivity contribution is 0.412. The van der Waals surface area contributed by atoms with E-state index in [-0.39, 0.29) is 6.04 Å². The number of nitrogens with zero attached hydrogens (tertiary/aromatic N) is 2. The Morgan fingerprint density at radius 1 is 1.47 bits per heavy atom. The zero-order valence-electron chi connectivity index (χ0n) is 10.1. The molecule has 0 aromatic carbocycles. The normalized spacial score (nSPS) is 13.2. The third kappa shape index (κ3) is 2.35. The maximum absolute atomic E-state index is 6.15. The number of thiophene rings is 1. The van der Waals surface area contributed by atoms with Crippen molar-refractivity contribution in [2.75, 3.05) is 5.73 Å². The molecule has 1 unspecified atom stereocenters. The monoisotopic (exact) mass is 361 g/mol. The Hall–Kier alpha value is -0.560. The van der Waals surface area contributed by atoms with Crippen LogP contribution in [0.1, 0.15) is 30.5 Å². The first kappa shape index (κ1) is 12.9. The SMILES string of the molecule is Cc1nn(C(c2cccs2)C(C)C)c(N)c1I. The lowest BCUT2D eigenvalue weighted by atomic mass is 10.0. The second-order valence-electron chi connectivity index (χ2n) is 4.43. The Bertz CT molecular complexity index is 502. The highest BCUT2D eigenvalue weighted by atomic mass is 127. The highest BCUT2D eigenvalue weighted by Gasteiger charge is 2.23. The van der Waals surface area contributed by atoms with E-state index in [1.165, 1.54) is 4.88 Å². The summed E-state index contributed by atoms with van der Waals surface area (Å²) in [7, 11) is 0. The number of nitrogens with two attached hydrogens (primary N) is 1. The molecule has 0 aliphatic carbocycles. The standard InChI is InChI=1S/C12H16IN3S/c1-7(2)11(9-5-4-6-17-9)16-12(14)10(13)8(3)15-16/h4-7,11H,14H2,1-3H3. The first-order chi connectivity index (χ1) is 8.02. The number of rotatable bonds is 3. The Kier molecular flexibility index (Phi) is 3.77. The van der Waals surface area contributed by atoms with Gasteiger partial charge in [0, 0.05) is 4.88 Å². The van der Waals surface area contributed by atoms with Crippen molar-refractivity contribution in [1.82, 2.24) is 9.78 Å². The molecule has 2 aromatic rings. The molecule has 2 aromatic heterocycles. The average molecular weight is 361 g/mol. The summed E-state index contributed by atoms with van der Waals surface area (Å²) in [6.45, 7) is 6.40. The molecule has 0 spiro atoms. The molecule has 0 aliphatic rings. The molecule has 17 heavy (non-hydrogen) atoms. The molecule has 2 heterocycles. The maximum Gasteiger partial charge on any atom is 0.136 e. The summed E-state index contributed by atoms with van der Waals surface area (Å²) in [4.78, 5) is 1.31. The van der Waals surface area contributed by atoms with Crippen molar-refractivity contribution >= 4 is 39.7 Å². The van der Waals surface area contributed by atoms with Crippen LogP contribution < -0.4 is 5.73 Å². The highest BCUT2D eigenvalue weighted by Crippen LogP contribution is 2.33. The number of aromatic nitrogens is 2. The van der Waals surface area contributed by atoms with Gasteiger partial charge in [-0.25, -0.2) is 4.68 Å². The molecular weight excluding hydrogens is 345 g/mol. The van der Waals surface area contributed by atoms with Gasteiger partial charge in [-0.15, -0.1) is 11.3 Å². The second-order valence-corrected chi connectivity index (χ2v) is 6.49. The molecule has 1 atom stereocenters. The lowest BCUT2D eigenvalue weighted by Crippen LogP contribution is -2.19. The Morgan fingerprint density at radius 2 is 2.18 bits per heavy atom. The van der Waals surface area contributed by atoms with Crippen LogP contribution in [0.15, 0.2) is 17.5 Å². The van der Waals surface area contributed by atoms with Crippen LogP contribution in [0, 0.1) is 16.4 Å². The van der Waals surface area contributed by atoms with Gasteiger partial charge in [-0.05, 0) is 46.9 Å². The molecular formula is C12H16IN3S. The van der Waals surface area contributed by atoms with Gasteiger partial charge in [0.15, 0.2) is 0 Å². The second kappa shape index (κ2) is 4.97. The molecule has 0 saturated heterocycles. The van der Waals surface area contributed by atoms with E-state index >= 15 is 0 Å². The molecule has 0 aliphatic heterocycles. The number of hydrogen-bond donors (Lipinski definition) is 1. The molecule has 0 saturated carbocycles. The molecule has 0 amide bonds. The van der Waals surface area contributed by atoms with Gasteiger partial charge < -0.3 is 5.73 Å². The number of anilines is 1. The number of hydrogen-bond acceptors (Lipinski definition) is 3. The van der Waals surface area contributed by atoms with E-state index in [1.807, 2.05) is 11.6 Å². The van der Waals surface area contributed by atoms with Gasteiger partial charge in [0.05, 0.1) is 15.3 Å². The number of nitrogen functional groups attached to an aromatic ring is 1. The van der Waals surface area contributed by atoms with E-state index < -0.39 is 0 Å². The summed E-state index contributed by atoms with van der Waals surface area (Å²) in [6, 6.07) is 4.46. The molecule has 5 heteroatoms. The fourth-order valence-corrected chi connectivity index (χ4v) is 3.29. The van der Waals surface area contributed by atoms with Crippen molar-refractivity contribution in [1.29, 1.82) is 0 Å². The fraction of sp³-hybridized carbons (Fsp3) is 0.417. The zero-order chi connectivity index (χ0) is 12.6. The van der Waals surface area contributed by atoms with Crippen molar-refractivity contribution in [3.63, 3.8) is 0 Å². The predicted molar refractivity (Wildman–Crippen MR) is 81.4 cm³/mol. The highest BCUT2D eigenvalue weighted by molar-refractivity contribution is 14.1. The Labute approximate surface area is 119 Å². The zero-order valence-corrected chi connectivity index (χ0v) is 13.1. The van der Waals surface area contributed by atoms with Crippen molar-refractivity contribution in [3.05, 3.63) is 31.7 Å². The molecule has 2 N–H and O–H groups in total. The van der Waals surface area contributed by atoms with Crippen LogP contribution in [-0.2, 0) is 0 Å². The summed E-state index contributed by atoms with van der Waals surface area (Å²) in [5, 5.41) is 6.68. The first-order valence-electron chi connectivity index (χ1n) is 5.55. The summed E-state index contributed by atoms with van der Waals surface area (Å²) < 4.78 is 3.03. The van der Waals surface area contributed by atoms with Gasteiger partial charge >= 0.3 is 0 Å². The molecule has 0 bridgehead atoms. The summed E-state index contributed by atoms with van der Waals surface area (Å²) in [5.74, 6) is 1.24. The van der Waals surface area contributed by atoms with Crippen LogP contribution >= 0.6 is 33.9 Å². The van der Waals surface area contributed by atoms with E-state index in [9.17, 15) is 0 Å². The maximum atomic E-state index is 6.15. The molecule has 2 rings (SSSR count). The minimum atomic E-state index is 0.234. The van der Waals surface area contributed by atoms with E-state index in [4.69, 9.17) is 5.73 Å². The van der Waals surface area contributed by atoms with Crippen molar-refractivity contribution in [2.45, 2.75) is 26.8 Å². The van der Waals surface area contributed by atoms with E-state index in [2.05, 4.69) is 59.0 Å². The lowest BCUT2D eigenvalue weighted by Gasteiger charge is -2.21. The quantitative estimate of drug-likeness (QED) is 0.848. The summed E-state index contributed by atoms with van der Waals surface area (Å²) in [6.07, 6.45) is 0. The van der Waals surface area contributed by atoms with Crippen molar-refractivity contribution < 1.29 is 0 Å². The van der Waals surface area contributed by atoms with Gasteiger partial charge in [-0.1, -0.05) is 19.9 Å². The van der Waals surface area contributed by atoms with E-state index in [1.54, 1.807) is 11.3 Å². The van der Waals surface area contributed by atoms with E-state index in [0.717, 1.165) is 15.1 Å². The summed E-state index contributed by atoms with van der Waals surface area (Å²) in [5.41, 5.74) is 7.15. The van der Waals surface area contributed by atoms with Gasteiger partial charge in [-0.3, -0.25) is 0 Å². The third-order valence-electron chi connectivity index (χ3n) is 2.78. The van der Waals surface area contributed by atoms with Gasteiger partial charge in [0.25, 0.3) is 0 Å². The molecule has 92 valence electrons. The number of aryl methyl sites for hydroxylation is 1. The van der Waals surface area contributed by atoms with Crippen LogP contribution in [0.4, 0.5) is 5.82 Å². The van der Waals surface area contributed by atoms with Gasteiger partial charge in [-0.2, -0.15) is 5.10 Å². The predicted octanol–water partition coefficient (Wildman–Crippen LogP) is 3.69. The van der Waals surface area contributed by atoms with Crippen LogP contribution in [0.2, 0.25) is 0 Å². The largest absolute Gasteiger partial charge is 0.383 e. The van der Waals surface area contributed by atoms with Crippen molar-refractivity contribution in [2.24, 2.45) is 5.92 Å². The average Bonchev–Trinajstić information content (AvgIpc) is 2.85. The minimum absolute atomic E-state index is 0.234. The Balaban J connectivity index is 2.51. The summed E-state index contributed by atoms with van der Waals surface area (Å²) >= 11 is 4.02. The molecule has 0 fully saturated rings. The van der Waals surface area contributed by atoms with Crippen LogP contribution in [0.3, 0.4) is 0 Å². The molecule has 0 radical (unpaired) electrons. The Morgan fingerprint density at radius 3 is 2.59 bits per heavy atom. The fourth-order valence-electron chi connectivity index (χ4n) is 1.95. The molecule has 3 nitrogen and oxygen atoms in total. The van der Waals surface area contributed by atoms with Crippen LogP contribution in [-0.4, -0.2) is 9.78 Å². The third-order valence-corrected chi connectivity index (χ3v) is 5.05. The van der Waals surface area contributed by atoms with Crippen molar-refractivity contribution in [3.8, 4) is 0 Å². The first-order valence-corrected chi connectivity index (χ1v) is 7.51. The number of halogens is 1. The van der Waals surface area contributed by atoms with Crippen LogP contribution in [0.5, 0.6) is 0 Å². The smallest absolute Gasteiger partial charge is 0.136 e. The minimum Gasteiger partial charge on any atom is -0.383 e. The topological polar surface area (TPSA) is 43.8 Å². The van der Waals surface area contributed by atoms with E-state index in [0.29, 0.717) is 5.92 Å². The van der Waals surface area contributed by atoms with Gasteiger partial charge in [0.1, 0.15) is 5.82 Å². The van der Waals surface area contributed by atoms with Gasteiger partial charge in [0.2, 0.25) is 0 Å². The van der Waals surface area contributed by atoms with Crippen LogP contribution in [0.25, 0.3) is 0 Å².